The second kappa shape index (κ2) is 5.92. The number of hydrogen-bond donors (Lipinski definition) is 1. The van der Waals surface area contributed by atoms with Gasteiger partial charge in [0.05, 0.1) is 0 Å². The van der Waals surface area contributed by atoms with Crippen LogP contribution in [0.15, 0.2) is 24.3 Å². The van der Waals surface area contributed by atoms with E-state index in [0.29, 0.717) is 16.0 Å². The molecule has 0 saturated carbocycles. The summed E-state index contributed by atoms with van der Waals surface area (Å²) < 4.78 is 0. The highest BCUT2D eigenvalue weighted by Gasteiger charge is 2.37. The fourth-order valence-corrected chi connectivity index (χ4v) is 3.05. The molecule has 2 rings (SSSR count). The summed E-state index contributed by atoms with van der Waals surface area (Å²) in [5, 5.41) is 0. The van der Waals surface area contributed by atoms with Gasteiger partial charge in [-0.1, -0.05) is 38.2 Å². The van der Waals surface area contributed by atoms with Crippen LogP contribution in [0, 0.1) is 5.41 Å². The van der Waals surface area contributed by atoms with Crippen molar-refractivity contribution < 1.29 is 4.79 Å². The molecule has 1 aromatic rings. The van der Waals surface area contributed by atoms with Crippen LogP contribution in [0.2, 0.25) is 0 Å². The Kier molecular flexibility index (Phi) is 4.43. The first-order valence-corrected chi connectivity index (χ1v) is 7.61. The Morgan fingerprint density at radius 3 is 2.55 bits per heavy atom. The topological polar surface area (TPSA) is 46.3 Å². The van der Waals surface area contributed by atoms with Gasteiger partial charge in [0.1, 0.15) is 4.99 Å². The summed E-state index contributed by atoms with van der Waals surface area (Å²) in [6.45, 7) is 6.13. The molecule has 0 aromatic heterocycles. The van der Waals surface area contributed by atoms with Crippen LogP contribution in [-0.2, 0) is 0 Å². The first-order valence-electron chi connectivity index (χ1n) is 7.20. The van der Waals surface area contributed by atoms with Crippen LogP contribution in [0.1, 0.15) is 49.0 Å². The molecule has 2 N–H and O–H groups in total. The molecule has 108 valence electrons. The van der Waals surface area contributed by atoms with Gasteiger partial charge in [-0.05, 0) is 36.8 Å². The summed E-state index contributed by atoms with van der Waals surface area (Å²) in [4.78, 5) is 14.9. The third-order valence-corrected chi connectivity index (χ3v) is 4.86. The fourth-order valence-electron chi connectivity index (χ4n) is 2.92. The van der Waals surface area contributed by atoms with E-state index in [-0.39, 0.29) is 5.91 Å². The van der Waals surface area contributed by atoms with Gasteiger partial charge in [0.15, 0.2) is 0 Å². The van der Waals surface area contributed by atoms with Gasteiger partial charge in [0.2, 0.25) is 0 Å². The van der Waals surface area contributed by atoms with Crippen LogP contribution in [-0.4, -0.2) is 28.9 Å². The summed E-state index contributed by atoms with van der Waals surface area (Å²) in [6, 6.07) is 7.31. The van der Waals surface area contributed by atoms with E-state index in [2.05, 4.69) is 13.8 Å². The second-order valence-electron chi connectivity index (χ2n) is 5.63. The quantitative estimate of drug-likeness (QED) is 0.867. The van der Waals surface area contributed by atoms with E-state index < -0.39 is 0 Å². The lowest BCUT2D eigenvalue weighted by Crippen LogP contribution is -2.32. The van der Waals surface area contributed by atoms with Gasteiger partial charge in [-0.15, -0.1) is 0 Å². The van der Waals surface area contributed by atoms with Crippen molar-refractivity contribution in [3.63, 3.8) is 0 Å². The molecule has 1 saturated heterocycles. The molecule has 1 aromatic carbocycles. The third kappa shape index (κ3) is 2.85. The number of amides is 1. The van der Waals surface area contributed by atoms with Crippen molar-refractivity contribution in [2.75, 3.05) is 13.1 Å². The molecule has 0 spiro atoms. The van der Waals surface area contributed by atoms with E-state index in [1.54, 1.807) is 6.07 Å². The van der Waals surface area contributed by atoms with Crippen molar-refractivity contribution in [3.8, 4) is 0 Å². The molecule has 0 bridgehead atoms. The minimum absolute atomic E-state index is 0.0897. The highest BCUT2D eigenvalue weighted by molar-refractivity contribution is 7.80. The minimum Gasteiger partial charge on any atom is -0.389 e. The van der Waals surface area contributed by atoms with Crippen LogP contribution in [0.5, 0.6) is 0 Å². The molecule has 0 aliphatic carbocycles. The number of rotatable bonds is 4. The highest BCUT2D eigenvalue weighted by Crippen LogP contribution is 2.37. The lowest BCUT2D eigenvalue weighted by molar-refractivity contribution is 0.0770. The lowest BCUT2D eigenvalue weighted by Gasteiger charge is -2.26. The molecule has 0 radical (unpaired) electrons. The molecule has 0 unspecified atom stereocenters. The van der Waals surface area contributed by atoms with Gasteiger partial charge in [-0.2, -0.15) is 0 Å². The standard InChI is InChI=1S/C16H22N2OS/c1-3-16(4-2)8-9-18(11-16)15(19)13-7-5-6-12(10-13)14(17)20/h5-7,10H,3-4,8-9,11H2,1-2H3,(H2,17,20). The average Bonchev–Trinajstić information content (AvgIpc) is 2.91. The lowest BCUT2D eigenvalue weighted by atomic mass is 9.82. The van der Waals surface area contributed by atoms with Gasteiger partial charge in [-0.3, -0.25) is 4.79 Å². The predicted octanol–water partition coefficient (Wildman–Crippen LogP) is 2.97. The number of benzene rings is 1. The maximum absolute atomic E-state index is 12.6. The van der Waals surface area contributed by atoms with Crippen molar-refractivity contribution in [1.29, 1.82) is 0 Å². The van der Waals surface area contributed by atoms with E-state index in [9.17, 15) is 4.79 Å². The van der Waals surface area contributed by atoms with Crippen LogP contribution in [0.4, 0.5) is 0 Å². The van der Waals surface area contributed by atoms with E-state index in [1.165, 1.54) is 0 Å². The molecular formula is C16H22N2OS. The van der Waals surface area contributed by atoms with Crippen LogP contribution >= 0.6 is 12.2 Å². The van der Waals surface area contributed by atoms with E-state index in [0.717, 1.165) is 37.9 Å². The zero-order valence-corrected chi connectivity index (χ0v) is 13.0. The van der Waals surface area contributed by atoms with Gasteiger partial charge in [0.25, 0.3) is 5.91 Å². The monoisotopic (exact) mass is 290 g/mol. The molecule has 1 aliphatic heterocycles. The van der Waals surface area contributed by atoms with Crippen LogP contribution in [0.3, 0.4) is 0 Å². The largest absolute Gasteiger partial charge is 0.389 e. The van der Waals surface area contributed by atoms with Crippen molar-refractivity contribution in [2.24, 2.45) is 11.1 Å². The molecule has 1 amide bonds. The normalized spacial score (nSPS) is 17.2. The number of nitrogens with two attached hydrogens (primary N) is 1. The van der Waals surface area contributed by atoms with Crippen molar-refractivity contribution in [2.45, 2.75) is 33.1 Å². The Balaban J connectivity index is 2.17. The van der Waals surface area contributed by atoms with E-state index in [4.69, 9.17) is 18.0 Å². The van der Waals surface area contributed by atoms with Crippen molar-refractivity contribution in [1.82, 2.24) is 4.90 Å². The Labute approximate surface area is 126 Å². The number of hydrogen-bond acceptors (Lipinski definition) is 2. The van der Waals surface area contributed by atoms with Crippen LogP contribution in [0.25, 0.3) is 0 Å². The van der Waals surface area contributed by atoms with Gasteiger partial charge in [-0.25, -0.2) is 0 Å². The van der Waals surface area contributed by atoms with E-state index in [1.807, 2.05) is 23.1 Å². The number of thiocarbonyl (C=S) groups is 1. The summed E-state index contributed by atoms with van der Waals surface area (Å²) in [5.74, 6) is 0.0897. The number of likely N-dealkylation sites (tertiary alicyclic amines) is 1. The average molecular weight is 290 g/mol. The molecule has 0 atom stereocenters. The predicted molar refractivity (Wildman–Crippen MR) is 85.9 cm³/mol. The Hall–Kier alpha value is -1.42. The Bertz CT molecular complexity index is 523. The van der Waals surface area contributed by atoms with Gasteiger partial charge >= 0.3 is 0 Å². The Morgan fingerprint density at radius 2 is 2.00 bits per heavy atom. The molecule has 1 aliphatic rings. The molecule has 4 heteroatoms. The first-order chi connectivity index (χ1) is 9.51. The number of carbonyl (C=O) groups excluding carboxylic acids is 1. The maximum Gasteiger partial charge on any atom is 0.253 e. The number of nitrogens with zero attached hydrogens (tertiary/aromatic N) is 1. The van der Waals surface area contributed by atoms with E-state index >= 15 is 0 Å². The van der Waals surface area contributed by atoms with Gasteiger partial charge in [0, 0.05) is 24.2 Å². The summed E-state index contributed by atoms with van der Waals surface area (Å²) in [7, 11) is 0. The van der Waals surface area contributed by atoms with Crippen molar-refractivity contribution >= 4 is 23.1 Å². The van der Waals surface area contributed by atoms with Crippen LogP contribution < -0.4 is 5.73 Å². The third-order valence-electron chi connectivity index (χ3n) is 4.62. The smallest absolute Gasteiger partial charge is 0.253 e. The molecule has 1 heterocycles. The highest BCUT2D eigenvalue weighted by atomic mass is 32.1. The second-order valence-corrected chi connectivity index (χ2v) is 6.07. The fraction of sp³-hybridized carbons (Fsp3) is 0.500. The zero-order valence-electron chi connectivity index (χ0n) is 12.2. The summed E-state index contributed by atoms with van der Waals surface area (Å²) in [6.07, 6.45) is 3.35. The zero-order chi connectivity index (χ0) is 14.8. The molecule has 3 nitrogen and oxygen atoms in total. The van der Waals surface area contributed by atoms with Gasteiger partial charge < -0.3 is 10.6 Å². The minimum atomic E-state index is 0.0897. The van der Waals surface area contributed by atoms with Crippen molar-refractivity contribution in [3.05, 3.63) is 35.4 Å². The summed E-state index contributed by atoms with van der Waals surface area (Å²) in [5.41, 5.74) is 7.36. The summed E-state index contributed by atoms with van der Waals surface area (Å²) >= 11 is 4.97. The maximum atomic E-state index is 12.6. The molecular weight excluding hydrogens is 268 g/mol. The first kappa shape index (κ1) is 15.0. The number of carbonyl (C=O) groups is 1. The SMILES string of the molecule is CCC1(CC)CCN(C(=O)c2cccc(C(N)=S)c2)C1. The Morgan fingerprint density at radius 1 is 1.35 bits per heavy atom. The molecule has 1 fully saturated rings. The molecule has 20 heavy (non-hydrogen) atoms.